The van der Waals surface area contributed by atoms with Crippen LogP contribution in [0.2, 0.25) is 0 Å². The lowest BCUT2D eigenvalue weighted by atomic mass is 9.88. The van der Waals surface area contributed by atoms with E-state index in [0.717, 1.165) is 31.5 Å². The Hall–Kier alpha value is -3.87. The number of likely N-dealkylation sites (tertiary alicyclic amines) is 1. The van der Waals surface area contributed by atoms with Crippen LogP contribution in [0.3, 0.4) is 0 Å². The normalized spacial score (nSPS) is 20.5. The number of aromatic nitrogens is 3. The summed E-state index contributed by atoms with van der Waals surface area (Å²) in [4.78, 5) is 18.1. The third kappa shape index (κ3) is 5.31. The molecule has 4 rings (SSSR count). The highest BCUT2D eigenvalue weighted by Gasteiger charge is 2.31. The van der Waals surface area contributed by atoms with Crippen molar-refractivity contribution in [3.63, 3.8) is 0 Å². The number of rotatable bonds is 7. The molecule has 0 radical (unpaired) electrons. The van der Waals surface area contributed by atoms with Crippen LogP contribution in [-0.2, 0) is 0 Å². The molecule has 0 amide bonds. The number of amidine groups is 1. The minimum atomic E-state index is 0.260. The van der Waals surface area contributed by atoms with Crippen molar-refractivity contribution < 1.29 is 0 Å². The molecule has 0 saturated carbocycles. The maximum atomic E-state index is 8.64. The third-order valence-corrected chi connectivity index (χ3v) is 6.01. The minimum Gasteiger partial charge on any atom is -0.354 e. The van der Waals surface area contributed by atoms with E-state index in [-0.39, 0.29) is 5.71 Å². The molecule has 1 aliphatic heterocycles. The molecule has 7 nitrogen and oxygen atoms in total. The third-order valence-electron chi connectivity index (χ3n) is 6.01. The Morgan fingerprint density at radius 2 is 2.18 bits per heavy atom. The van der Waals surface area contributed by atoms with Crippen LogP contribution in [0.4, 0.5) is 0 Å². The van der Waals surface area contributed by atoms with Crippen molar-refractivity contribution in [1.29, 1.82) is 10.8 Å². The van der Waals surface area contributed by atoms with Crippen LogP contribution in [-0.4, -0.2) is 50.7 Å². The predicted octanol–water partition coefficient (Wildman–Crippen LogP) is 5.03. The van der Waals surface area contributed by atoms with Crippen molar-refractivity contribution in [3.8, 4) is 11.4 Å². The maximum absolute atomic E-state index is 8.64. The van der Waals surface area contributed by atoms with Gasteiger partial charge in [0.2, 0.25) is 0 Å². The average molecular weight is 440 g/mol. The summed E-state index contributed by atoms with van der Waals surface area (Å²) in [5.41, 5.74) is 3.57. The van der Waals surface area contributed by atoms with Gasteiger partial charge in [-0.2, -0.15) is 0 Å². The Kier molecular flexibility index (Phi) is 6.88. The summed E-state index contributed by atoms with van der Waals surface area (Å²) in [7, 11) is 0. The summed E-state index contributed by atoms with van der Waals surface area (Å²) < 4.78 is 0. The quantitative estimate of drug-likeness (QED) is 0.416. The summed E-state index contributed by atoms with van der Waals surface area (Å²) >= 11 is 0. The number of hydrogen-bond acceptors (Lipinski definition) is 5. The molecule has 1 fully saturated rings. The van der Waals surface area contributed by atoms with Crippen molar-refractivity contribution in [1.82, 2.24) is 19.9 Å². The molecule has 2 aromatic heterocycles. The number of pyridine rings is 1. The van der Waals surface area contributed by atoms with Crippen LogP contribution >= 0.6 is 0 Å². The Bertz CT molecular complexity index is 1160. The number of H-pyrrole nitrogens is 1. The van der Waals surface area contributed by atoms with Gasteiger partial charge in [-0.15, -0.1) is 0 Å². The zero-order chi connectivity index (χ0) is 23.2. The average Bonchev–Trinajstić information content (AvgIpc) is 3.51. The molecule has 0 spiro atoms. The summed E-state index contributed by atoms with van der Waals surface area (Å²) in [6, 6.07) is 5.89. The van der Waals surface area contributed by atoms with Crippen molar-refractivity contribution >= 4 is 24.3 Å². The lowest BCUT2D eigenvalue weighted by molar-refractivity contribution is 0.315. The zero-order valence-electron chi connectivity index (χ0n) is 18.8. The van der Waals surface area contributed by atoms with Crippen LogP contribution in [0.5, 0.6) is 0 Å². The number of aliphatic imine (C=N–C) groups is 1. The molecule has 33 heavy (non-hydrogen) atoms. The van der Waals surface area contributed by atoms with E-state index >= 15 is 0 Å². The van der Waals surface area contributed by atoms with Crippen molar-refractivity contribution in [2.75, 3.05) is 6.54 Å². The molecule has 168 valence electrons. The van der Waals surface area contributed by atoms with Gasteiger partial charge >= 0.3 is 0 Å². The Balaban J connectivity index is 1.44. The first kappa shape index (κ1) is 22.3. The van der Waals surface area contributed by atoms with Gasteiger partial charge < -0.3 is 9.88 Å². The molecule has 0 bridgehead atoms. The molecule has 0 aromatic carbocycles. The summed E-state index contributed by atoms with van der Waals surface area (Å²) in [6.07, 6.45) is 18.5. The molecule has 1 saturated heterocycles. The number of imidazole rings is 1. The highest BCUT2D eigenvalue weighted by molar-refractivity contribution is 6.05. The van der Waals surface area contributed by atoms with E-state index < -0.39 is 0 Å². The summed E-state index contributed by atoms with van der Waals surface area (Å²) in [6.45, 7) is 6.45. The van der Waals surface area contributed by atoms with Crippen molar-refractivity contribution in [2.24, 2.45) is 10.9 Å². The Morgan fingerprint density at radius 3 is 3.00 bits per heavy atom. The molecular weight excluding hydrogens is 410 g/mol. The van der Waals surface area contributed by atoms with E-state index in [1.807, 2.05) is 24.3 Å². The number of nitrogens with one attached hydrogen (secondary N) is 3. The highest BCUT2D eigenvalue weighted by atomic mass is 15.2. The molecule has 2 aromatic rings. The first-order chi connectivity index (χ1) is 16.0. The van der Waals surface area contributed by atoms with Gasteiger partial charge in [0.15, 0.2) is 0 Å². The number of allylic oxidation sites excluding steroid dienone is 4. The van der Waals surface area contributed by atoms with E-state index in [9.17, 15) is 0 Å². The Labute approximate surface area is 194 Å². The van der Waals surface area contributed by atoms with Gasteiger partial charge in [-0.25, -0.2) is 9.97 Å². The molecule has 3 N–H and O–H groups in total. The second kappa shape index (κ2) is 10.2. The van der Waals surface area contributed by atoms with Crippen LogP contribution < -0.4 is 0 Å². The fourth-order valence-electron chi connectivity index (χ4n) is 4.43. The van der Waals surface area contributed by atoms with E-state index in [0.29, 0.717) is 35.0 Å². The zero-order valence-corrected chi connectivity index (χ0v) is 18.8. The van der Waals surface area contributed by atoms with Crippen LogP contribution in [0, 0.1) is 16.7 Å². The second-order valence-corrected chi connectivity index (χ2v) is 8.34. The molecule has 2 atom stereocenters. The van der Waals surface area contributed by atoms with Gasteiger partial charge in [0.25, 0.3) is 0 Å². The number of nitrogens with zero attached hydrogens (tertiary/aromatic N) is 4. The van der Waals surface area contributed by atoms with Gasteiger partial charge in [0, 0.05) is 24.7 Å². The molecule has 1 unspecified atom stereocenters. The van der Waals surface area contributed by atoms with Crippen LogP contribution in [0.15, 0.2) is 71.5 Å². The van der Waals surface area contributed by atoms with Gasteiger partial charge in [0.1, 0.15) is 11.7 Å². The van der Waals surface area contributed by atoms with Gasteiger partial charge in [-0.3, -0.25) is 15.8 Å². The largest absolute Gasteiger partial charge is 0.354 e. The monoisotopic (exact) mass is 439 g/mol. The van der Waals surface area contributed by atoms with E-state index in [1.54, 1.807) is 18.3 Å². The number of aromatic amines is 1. The molecular formula is C26H29N7. The lowest BCUT2D eigenvalue weighted by Crippen LogP contribution is -2.38. The van der Waals surface area contributed by atoms with E-state index in [2.05, 4.69) is 56.7 Å². The summed E-state index contributed by atoms with van der Waals surface area (Å²) in [5.74, 6) is 1.66. The standard InChI is InChI=1S/C26H29N7/c1-18-6-3-7-19(16-18)24-10-5-15-33(24)25(28)11-12-26-30-17-23(32-26)22-9-4-8-21(31-22)20(27)13-14-29-2/h3-4,6,8-9,11-14,16-17,19,24,27-28H,2,5,7,10,15H2,1H3,(H,30,32)/b12-11-,14-13-,27-20?,28-25?/t19-,24?/m0/s1. The lowest BCUT2D eigenvalue weighted by Gasteiger charge is -2.32. The maximum Gasteiger partial charge on any atom is 0.130 e. The van der Waals surface area contributed by atoms with Crippen LogP contribution in [0.1, 0.15) is 37.7 Å². The number of hydrogen-bond donors (Lipinski definition) is 3. The topological polar surface area (TPSA) is 105 Å². The molecule has 7 heteroatoms. The fraction of sp³-hybridized carbons (Fsp3) is 0.269. The first-order valence-electron chi connectivity index (χ1n) is 11.2. The van der Waals surface area contributed by atoms with E-state index in [1.165, 1.54) is 11.8 Å². The van der Waals surface area contributed by atoms with E-state index in [4.69, 9.17) is 10.8 Å². The smallest absolute Gasteiger partial charge is 0.130 e. The minimum absolute atomic E-state index is 0.260. The SMILES string of the molecule is C=N/C=C\C(=N)c1cccc(-c2cnc(/C=C\C(=N)N3CCCC3[C@@H]3C=C(C)C=CC3)[nH]2)n1. The van der Waals surface area contributed by atoms with Gasteiger partial charge in [-0.1, -0.05) is 29.9 Å². The van der Waals surface area contributed by atoms with Crippen LogP contribution in [0.25, 0.3) is 17.5 Å². The van der Waals surface area contributed by atoms with Gasteiger partial charge in [-0.05, 0) is 63.3 Å². The molecule has 1 aliphatic carbocycles. The van der Waals surface area contributed by atoms with Gasteiger partial charge in [0.05, 0.1) is 29.0 Å². The Morgan fingerprint density at radius 1 is 1.30 bits per heavy atom. The molecule has 3 heterocycles. The second-order valence-electron chi connectivity index (χ2n) is 8.34. The van der Waals surface area contributed by atoms with Crippen molar-refractivity contribution in [3.05, 3.63) is 78.1 Å². The first-order valence-corrected chi connectivity index (χ1v) is 11.2. The van der Waals surface area contributed by atoms with Crippen molar-refractivity contribution in [2.45, 2.75) is 32.2 Å². The predicted molar refractivity (Wildman–Crippen MR) is 135 cm³/mol. The fourth-order valence-corrected chi connectivity index (χ4v) is 4.43. The molecule has 2 aliphatic rings. The highest BCUT2D eigenvalue weighted by Crippen LogP contribution is 2.31. The summed E-state index contributed by atoms with van der Waals surface area (Å²) in [5, 5.41) is 16.7.